The summed E-state index contributed by atoms with van der Waals surface area (Å²) in [6, 6.07) is 23.4. The van der Waals surface area contributed by atoms with E-state index < -0.39 is 0 Å². The molecule has 0 fully saturated rings. The number of hydrogen-bond acceptors (Lipinski definition) is 6. The molecule has 0 spiro atoms. The first-order chi connectivity index (χ1) is 18.8. The molecule has 2 heterocycles. The summed E-state index contributed by atoms with van der Waals surface area (Å²) in [5, 5.41) is 5.84. The summed E-state index contributed by atoms with van der Waals surface area (Å²) in [7, 11) is 0. The van der Waals surface area contributed by atoms with Crippen LogP contribution in [0.1, 0.15) is 49.1 Å². The van der Waals surface area contributed by atoms with Crippen molar-refractivity contribution in [2.45, 2.75) is 50.5 Å². The SMILES string of the molecule is CCOc1cc(C)c(-c2nc3ccccc3c(=O)n2N=Cc2ccc(Sc3ccc(C)cc3)o2)cc1C(C)C. The fourth-order valence-corrected chi connectivity index (χ4v) is 5.15. The molecule has 0 atom stereocenters. The summed E-state index contributed by atoms with van der Waals surface area (Å²) >= 11 is 1.53. The molecule has 0 saturated carbocycles. The van der Waals surface area contributed by atoms with Crippen LogP contribution >= 0.6 is 11.8 Å². The van der Waals surface area contributed by atoms with Gasteiger partial charge in [0.25, 0.3) is 5.56 Å². The molecule has 0 amide bonds. The third-order valence-electron chi connectivity index (χ3n) is 6.42. The Kier molecular flexibility index (Phi) is 7.70. The third kappa shape index (κ3) is 5.68. The van der Waals surface area contributed by atoms with Gasteiger partial charge in [0, 0.05) is 10.5 Å². The molecule has 198 valence electrons. The van der Waals surface area contributed by atoms with Crippen LogP contribution < -0.4 is 10.3 Å². The summed E-state index contributed by atoms with van der Waals surface area (Å²) in [4.78, 5) is 19.7. The fourth-order valence-electron chi connectivity index (χ4n) is 4.37. The lowest BCUT2D eigenvalue weighted by molar-refractivity contribution is 0.335. The first kappa shape index (κ1) is 26.5. The van der Waals surface area contributed by atoms with E-state index in [4.69, 9.17) is 14.1 Å². The number of ether oxygens (including phenoxy) is 1. The van der Waals surface area contributed by atoms with Crippen LogP contribution in [-0.2, 0) is 0 Å². The van der Waals surface area contributed by atoms with Crippen LogP contribution in [0.3, 0.4) is 0 Å². The van der Waals surface area contributed by atoms with Gasteiger partial charge in [0.1, 0.15) is 11.5 Å². The lowest BCUT2D eigenvalue weighted by atomic mass is 9.96. The zero-order valence-electron chi connectivity index (χ0n) is 22.8. The van der Waals surface area contributed by atoms with Crippen molar-refractivity contribution in [2.24, 2.45) is 5.10 Å². The lowest BCUT2D eigenvalue weighted by Crippen LogP contribution is -2.20. The van der Waals surface area contributed by atoms with Gasteiger partial charge in [-0.05, 0) is 86.3 Å². The van der Waals surface area contributed by atoms with E-state index in [9.17, 15) is 4.79 Å². The van der Waals surface area contributed by atoms with Crippen LogP contribution in [0.4, 0.5) is 0 Å². The highest BCUT2D eigenvalue weighted by atomic mass is 32.2. The molecule has 3 aromatic carbocycles. The molecule has 0 aliphatic carbocycles. The van der Waals surface area contributed by atoms with E-state index in [0.29, 0.717) is 29.1 Å². The Balaban J connectivity index is 1.58. The van der Waals surface area contributed by atoms with Crippen molar-refractivity contribution < 1.29 is 9.15 Å². The van der Waals surface area contributed by atoms with Gasteiger partial charge in [-0.1, -0.05) is 55.4 Å². The first-order valence-electron chi connectivity index (χ1n) is 13.0. The van der Waals surface area contributed by atoms with Gasteiger partial charge in [0.15, 0.2) is 10.9 Å². The zero-order valence-corrected chi connectivity index (χ0v) is 23.6. The molecular formula is C32H31N3O3S. The third-order valence-corrected chi connectivity index (χ3v) is 7.34. The average molecular weight is 538 g/mol. The molecule has 0 bridgehead atoms. The molecule has 0 radical (unpaired) electrons. The van der Waals surface area contributed by atoms with Crippen LogP contribution in [0.15, 0.2) is 97.1 Å². The minimum absolute atomic E-state index is 0.225. The van der Waals surface area contributed by atoms with Gasteiger partial charge in [-0.3, -0.25) is 4.79 Å². The maximum Gasteiger partial charge on any atom is 0.282 e. The molecule has 0 unspecified atom stereocenters. The molecule has 39 heavy (non-hydrogen) atoms. The maximum absolute atomic E-state index is 13.7. The second-order valence-electron chi connectivity index (χ2n) is 9.68. The van der Waals surface area contributed by atoms with Crippen LogP contribution in [0.5, 0.6) is 5.75 Å². The maximum atomic E-state index is 13.7. The molecule has 2 aromatic heterocycles. The number of rotatable bonds is 8. The van der Waals surface area contributed by atoms with Gasteiger partial charge in [-0.2, -0.15) is 9.78 Å². The van der Waals surface area contributed by atoms with Crippen LogP contribution in [0.25, 0.3) is 22.3 Å². The molecular weight excluding hydrogens is 506 g/mol. The van der Waals surface area contributed by atoms with Crippen molar-refractivity contribution >= 4 is 28.9 Å². The van der Waals surface area contributed by atoms with Gasteiger partial charge < -0.3 is 9.15 Å². The molecule has 0 aliphatic heterocycles. The normalized spacial score (nSPS) is 11.6. The number of nitrogens with zero attached hydrogens (tertiary/aromatic N) is 3. The van der Waals surface area contributed by atoms with Crippen LogP contribution in [0.2, 0.25) is 0 Å². The minimum atomic E-state index is -0.243. The quantitative estimate of drug-likeness (QED) is 0.189. The van der Waals surface area contributed by atoms with E-state index in [-0.39, 0.29) is 11.5 Å². The van der Waals surface area contributed by atoms with Crippen molar-refractivity contribution in [2.75, 3.05) is 6.61 Å². The molecule has 6 nitrogen and oxygen atoms in total. The van der Waals surface area contributed by atoms with Crippen molar-refractivity contribution in [1.82, 2.24) is 9.66 Å². The highest BCUT2D eigenvalue weighted by Gasteiger charge is 2.18. The molecule has 0 N–H and O–H groups in total. The molecule has 7 heteroatoms. The topological polar surface area (TPSA) is 69.6 Å². The highest BCUT2D eigenvalue weighted by molar-refractivity contribution is 7.99. The predicted molar refractivity (Wildman–Crippen MR) is 158 cm³/mol. The monoisotopic (exact) mass is 537 g/mol. The van der Waals surface area contributed by atoms with Crippen molar-refractivity contribution in [3.05, 3.63) is 106 Å². The standard InChI is InChI=1S/C32H31N3O3S/c1-6-37-29-17-22(5)27(18-26(29)20(2)3)31-34-28-10-8-7-9-25(28)32(36)35(31)33-19-23-13-16-30(38-23)39-24-14-11-21(4)12-15-24/h7-20H,6H2,1-5H3. The van der Waals surface area contributed by atoms with E-state index in [1.807, 2.05) is 50.2 Å². The molecule has 5 rings (SSSR count). The number of aryl methyl sites for hydroxylation is 2. The van der Waals surface area contributed by atoms with E-state index >= 15 is 0 Å². The minimum Gasteiger partial charge on any atom is -0.494 e. The Hall–Kier alpha value is -4.10. The Morgan fingerprint density at radius 2 is 1.82 bits per heavy atom. The second kappa shape index (κ2) is 11.3. The number of furan rings is 1. The summed E-state index contributed by atoms with van der Waals surface area (Å²) < 4.78 is 13.3. The molecule has 5 aromatic rings. The summed E-state index contributed by atoms with van der Waals surface area (Å²) in [6.45, 7) is 10.9. The summed E-state index contributed by atoms with van der Waals surface area (Å²) in [6.07, 6.45) is 1.56. The van der Waals surface area contributed by atoms with Gasteiger partial charge >= 0.3 is 0 Å². The molecule has 0 saturated heterocycles. The van der Waals surface area contributed by atoms with Crippen molar-refractivity contribution in [1.29, 1.82) is 0 Å². The lowest BCUT2D eigenvalue weighted by Gasteiger charge is -2.18. The van der Waals surface area contributed by atoms with Crippen LogP contribution in [0, 0.1) is 13.8 Å². The number of benzene rings is 3. The van der Waals surface area contributed by atoms with Crippen molar-refractivity contribution in [3.63, 3.8) is 0 Å². The van der Waals surface area contributed by atoms with E-state index in [1.54, 1.807) is 12.3 Å². The van der Waals surface area contributed by atoms with Gasteiger partial charge in [-0.25, -0.2) is 4.98 Å². The summed E-state index contributed by atoms with van der Waals surface area (Å²) in [5.74, 6) is 2.09. The average Bonchev–Trinajstić information content (AvgIpc) is 3.37. The predicted octanol–water partition coefficient (Wildman–Crippen LogP) is 7.83. The smallest absolute Gasteiger partial charge is 0.282 e. The number of fused-ring (bicyclic) bond motifs is 1. The van der Waals surface area contributed by atoms with E-state index in [1.165, 1.54) is 22.0 Å². The fraction of sp³-hybridized carbons (Fsp3) is 0.219. The van der Waals surface area contributed by atoms with Gasteiger partial charge in [0.2, 0.25) is 0 Å². The Labute approximate surface area is 232 Å². The number of aromatic nitrogens is 2. The van der Waals surface area contributed by atoms with E-state index in [0.717, 1.165) is 32.4 Å². The first-order valence-corrected chi connectivity index (χ1v) is 13.8. The van der Waals surface area contributed by atoms with Gasteiger partial charge in [-0.15, -0.1) is 0 Å². The molecule has 0 aliphatic rings. The Bertz CT molecular complexity index is 1720. The van der Waals surface area contributed by atoms with E-state index in [2.05, 4.69) is 56.2 Å². The van der Waals surface area contributed by atoms with Gasteiger partial charge in [0.05, 0.1) is 23.7 Å². The second-order valence-corrected chi connectivity index (χ2v) is 10.8. The Morgan fingerprint density at radius 1 is 1.05 bits per heavy atom. The number of para-hydroxylation sites is 1. The largest absolute Gasteiger partial charge is 0.494 e. The van der Waals surface area contributed by atoms with Crippen molar-refractivity contribution in [3.8, 4) is 17.1 Å². The highest BCUT2D eigenvalue weighted by Crippen LogP contribution is 2.34. The number of hydrogen-bond donors (Lipinski definition) is 0. The zero-order chi connectivity index (χ0) is 27.5. The Morgan fingerprint density at radius 3 is 2.56 bits per heavy atom. The summed E-state index contributed by atoms with van der Waals surface area (Å²) in [5.41, 5.74) is 4.42. The van der Waals surface area contributed by atoms with Crippen LogP contribution in [-0.4, -0.2) is 22.5 Å².